The number of hydrogen-bond donors (Lipinski definition) is 3. The first-order valence-electron chi connectivity index (χ1n) is 20.3. The number of pyridine rings is 1. The lowest BCUT2D eigenvalue weighted by atomic mass is 9.78. The van der Waals surface area contributed by atoms with Gasteiger partial charge < -0.3 is 48.8 Å². The van der Waals surface area contributed by atoms with Crippen molar-refractivity contribution in [1.82, 2.24) is 19.7 Å². The number of carbonyl (C=O) groups is 1. The number of likely N-dealkylation sites (N-methyl/N-ethyl adjacent to an activating group) is 2. The van der Waals surface area contributed by atoms with E-state index < -0.39 is 77.6 Å². The second kappa shape index (κ2) is 17.4. The first kappa shape index (κ1) is 43.3. The van der Waals surface area contributed by atoms with Crippen molar-refractivity contribution < 1.29 is 43.8 Å². The third kappa shape index (κ3) is 9.33. The molecule has 0 unspecified atom stereocenters. The minimum absolute atomic E-state index is 0.0326. The maximum absolute atomic E-state index is 14.3. The highest BCUT2D eigenvalue weighted by Crippen LogP contribution is 2.48. The first-order chi connectivity index (χ1) is 25.3. The van der Waals surface area contributed by atoms with Crippen LogP contribution in [-0.4, -0.2) is 154 Å². The quantitative estimate of drug-likeness (QED) is 0.365. The van der Waals surface area contributed by atoms with Crippen LogP contribution in [0.2, 0.25) is 0 Å². The Morgan fingerprint density at radius 2 is 1.78 bits per heavy atom. The number of likely N-dealkylation sites (tertiary alicyclic amines) is 1. The summed E-state index contributed by atoms with van der Waals surface area (Å²) in [5.74, 6) is -2.75. The zero-order valence-electron chi connectivity index (χ0n) is 34.7. The van der Waals surface area contributed by atoms with E-state index in [1.54, 1.807) is 20.0 Å². The molecule has 1 aromatic rings. The summed E-state index contributed by atoms with van der Waals surface area (Å²) >= 11 is 0. The lowest BCUT2D eigenvalue weighted by Gasteiger charge is -2.49. The minimum atomic E-state index is -1.71. The predicted molar refractivity (Wildman–Crippen MR) is 204 cm³/mol. The van der Waals surface area contributed by atoms with Crippen LogP contribution < -0.4 is 0 Å². The van der Waals surface area contributed by atoms with Gasteiger partial charge in [-0.3, -0.25) is 14.7 Å². The van der Waals surface area contributed by atoms with Gasteiger partial charge in [0.15, 0.2) is 12.1 Å². The summed E-state index contributed by atoms with van der Waals surface area (Å²) in [5, 5.41) is 35.0. The largest absolute Gasteiger partial charge is 0.459 e. The Balaban J connectivity index is 1.58. The molecule has 13 nitrogen and oxygen atoms in total. The van der Waals surface area contributed by atoms with E-state index in [0.717, 1.165) is 12.1 Å². The molecule has 4 fully saturated rings. The highest BCUT2D eigenvalue weighted by molar-refractivity contribution is 5.73. The summed E-state index contributed by atoms with van der Waals surface area (Å²) in [5.41, 5.74) is -1.53. The second-order valence-corrected chi connectivity index (χ2v) is 17.8. The molecular formula is C41H70N4O9. The fourth-order valence-electron chi connectivity index (χ4n) is 9.73. The van der Waals surface area contributed by atoms with Gasteiger partial charge in [0, 0.05) is 69.4 Å². The van der Waals surface area contributed by atoms with E-state index in [0.29, 0.717) is 51.7 Å². The number of aliphatic hydroxyl groups excluding tert-OH is 2. The average molecular weight is 763 g/mol. The summed E-state index contributed by atoms with van der Waals surface area (Å²) in [4.78, 5) is 25.0. The number of esters is 1. The molecule has 308 valence electrons. The van der Waals surface area contributed by atoms with Crippen LogP contribution in [0.25, 0.3) is 0 Å². The van der Waals surface area contributed by atoms with Crippen LogP contribution in [0.3, 0.4) is 0 Å². The van der Waals surface area contributed by atoms with E-state index in [4.69, 9.17) is 23.7 Å². The topological polar surface area (TPSA) is 147 Å². The lowest BCUT2D eigenvalue weighted by Crippen LogP contribution is -2.60. The molecular weight excluding hydrogens is 692 g/mol. The molecule has 0 radical (unpaired) electrons. The Kier molecular flexibility index (Phi) is 13.9. The highest BCUT2D eigenvalue weighted by Gasteiger charge is 2.58. The van der Waals surface area contributed by atoms with Gasteiger partial charge in [0.05, 0.1) is 29.8 Å². The summed E-state index contributed by atoms with van der Waals surface area (Å²) in [6.07, 6.45) is 0.761. The van der Waals surface area contributed by atoms with Crippen LogP contribution in [-0.2, 0) is 35.0 Å². The number of aliphatic hydroxyl groups is 3. The number of cyclic esters (lactones) is 1. The Morgan fingerprint density at radius 3 is 2.39 bits per heavy atom. The van der Waals surface area contributed by atoms with Crippen molar-refractivity contribution in [1.29, 1.82) is 0 Å². The zero-order valence-corrected chi connectivity index (χ0v) is 34.7. The van der Waals surface area contributed by atoms with Gasteiger partial charge >= 0.3 is 5.97 Å². The van der Waals surface area contributed by atoms with Crippen LogP contribution in [0.4, 0.5) is 0 Å². The van der Waals surface area contributed by atoms with E-state index in [1.165, 1.54) is 0 Å². The third-order valence-corrected chi connectivity index (χ3v) is 12.9. The average Bonchev–Trinajstić information content (AvgIpc) is 3.20. The second-order valence-electron chi connectivity index (χ2n) is 17.8. The van der Waals surface area contributed by atoms with Gasteiger partial charge in [0.25, 0.3) is 0 Å². The van der Waals surface area contributed by atoms with Gasteiger partial charge in [-0.25, -0.2) is 0 Å². The van der Waals surface area contributed by atoms with Crippen molar-refractivity contribution >= 4 is 5.97 Å². The van der Waals surface area contributed by atoms with Crippen LogP contribution in [0.5, 0.6) is 0 Å². The number of nitrogens with zero attached hydrogens (tertiary/aromatic N) is 4. The van der Waals surface area contributed by atoms with Crippen molar-refractivity contribution in [3.63, 3.8) is 0 Å². The summed E-state index contributed by atoms with van der Waals surface area (Å²) in [6, 6.07) is 3.40. The van der Waals surface area contributed by atoms with Gasteiger partial charge in [0.2, 0.25) is 0 Å². The molecule has 0 amide bonds. The summed E-state index contributed by atoms with van der Waals surface area (Å²) in [7, 11) is 5.85. The van der Waals surface area contributed by atoms with Crippen molar-refractivity contribution in [2.45, 2.75) is 166 Å². The van der Waals surface area contributed by atoms with E-state index >= 15 is 0 Å². The molecule has 5 rings (SSSR count). The molecule has 3 N–H and O–H groups in total. The highest BCUT2D eigenvalue weighted by atomic mass is 16.7. The van der Waals surface area contributed by atoms with Crippen LogP contribution >= 0.6 is 0 Å². The van der Waals surface area contributed by atoms with E-state index in [-0.39, 0.29) is 18.1 Å². The summed E-state index contributed by atoms with van der Waals surface area (Å²) in [6.45, 7) is 18.1. The van der Waals surface area contributed by atoms with Crippen LogP contribution in [0, 0.1) is 17.8 Å². The third-order valence-electron chi connectivity index (χ3n) is 12.9. The van der Waals surface area contributed by atoms with E-state index in [9.17, 15) is 20.1 Å². The van der Waals surface area contributed by atoms with Gasteiger partial charge in [-0.05, 0) is 92.6 Å². The maximum atomic E-state index is 14.3. The number of piperidine rings is 1. The van der Waals surface area contributed by atoms with Crippen molar-refractivity contribution in [2.24, 2.45) is 17.8 Å². The minimum Gasteiger partial charge on any atom is -0.459 e. The van der Waals surface area contributed by atoms with E-state index in [1.807, 2.05) is 70.9 Å². The number of carbonyl (C=O) groups excluding carboxylic acids is 1. The van der Waals surface area contributed by atoms with Crippen LogP contribution in [0.15, 0.2) is 24.5 Å². The molecule has 4 saturated heterocycles. The maximum Gasteiger partial charge on any atom is 0.311 e. The van der Waals surface area contributed by atoms with Crippen molar-refractivity contribution in [3.8, 4) is 0 Å². The molecule has 0 aliphatic carbocycles. The predicted octanol–water partition coefficient (Wildman–Crippen LogP) is 3.43. The zero-order chi connectivity index (χ0) is 39.7. The molecule has 14 atom stereocenters. The number of fused-ring (bicyclic) bond motifs is 3. The Morgan fingerprint density at radius 1 is 1.09 bits per heavy atom. The van der Waals surface area contributed by atoms with Crippen LogP contribution in [0.1, 0.15) is 93.1 Å². The van der Waals surface area contributed by atoms with Gasteiger partial charge in [-0.2, -0.15) is 0 Å². The molecule has 5 heterocycles. The molecule has 4 aliphatic heterocycles. The number of aromatic nitrogens is 1. The fraction of sp³-hybridized carbons (Fsp3) is 0.854. The van der Waals surface area contributed by atoms with Gasteiger partial charge in [-0.1, -0.05) is 26.8 Å². The van der Waals surface area contributed by atoms with E-state index in [2.05, 4.69) is 29.8 Å². The van der Waals surface area contributed by atoms with Gasteiger partial charge in [-0.15, -0.1) is 0 Å². The number of ether oxygens (including phenoxy) is 5. The lowest BCUT2D eigenvalue weighted by molar-refractivity contribution is -0.332. The summed E-state index contributed by atoms with van der Waals surface area (Å²) < 4.78 is 34.2. The first-order valence-corrected chi connectivity index (χ1v) is 20.3. The number of hydrogen-bond acceptors (Lipinski definition) is 13. The van der Waals surface area contributed by atoms with Crippen molar-refractivity contribution in [3.05, 3.63) is 30.1 Å². The molecule has 0 aromatic carbocycles. The molecule has 13 heteroatoms. The standard InChI is InChI=1S/C41H70N4O9/c1-12-32-40(8,49)35(47)29(6)44(11)23-25(2)21-39(7)36(52-38-33(46)31(43(9)10)20-26(3)50-38)27(4)34(28(5)37(48)51-32)53-41(54-39)15-18-45(19-16-41)24-30-14-13-17-42-22-30/h13-14,17,22,25-29,31-36,38,46-47,49H,12,15-16,18-21,23-24H2,1-11H3/t25-,26-,27+,28-,29-,31+,32-,33-,34+,35-,36-,38+,39-,40-/m1/s1. The molecule has 54 heavy (non-hydrogen) atoms. The molecule has 1 aromatic heterocycles. The Hall–Kier alpha value is -1.78. The molecule has 2 bridgehead atoms. The SMILES string of the molecule is CC[C@H]1OC(=O)[C@H](C)[C@H]2OC3(CCN(Cc4cccnc4)CC3)O[C@](C)(C[C@@H](C)CN(C)[C@H](C)[C@@H](O)[C@]1(C)O)[C@H](O[C@@H]1O[C@H](C)C[C@H](N(C)C)[C@H]1O)[C@H]2C. The molecule has 4 aliphatic rings. The molecule has 0 saturated carbocycles. The Bertz CT molecular complexity index is 1360. The number of rotatable bonds is 6. The normalized spacial score (nSPS) is 43.4. The fourth-order valence-corrected chi connectivity index (χ4v) is 9.73. The van der Waals surface area contributed by atoms with Crippen molar-refractivity contribution in [2.75, 3.05) is 40.8 Å². The monoisotopic (exact) mass is 763 g/mol. The molecule has 1 spiro atoms. The Labute approximate surface area is 323 Å². The van der Waals surface area contributed by atoms with Gasteiger partial charge in [0.1, 0.15) is 23.9 Å². The smallest absolute Gasteiger partial charge is 0.311 e.